The molecule has 1 saturated heterocycles. The van der Waals surface area contributed by atoms with Crippen LogP contribution in [0.3, 0.4) is 0 Å². The Hall–Kier alpha value is -3.26. The number of rotatable bonds is 5. The molecule has 0 spiro atoms. The highest BCUT2D eigenvalue weighted by Crippen LogP contribution is 2.28. The number of fused-ring (bicyclic) bond motifs is 1. The molecule has 1 aliphatic rings. The quantitative estimate of drug-likeness (QED) is 0.611. The monoisotopic (exact) mass is 455 g/mol. The van der Waals surface area contributed by atoms with Crippen LogP contribution in [0.2, 0.25) is 0 Å². The number of hydrogen-bond acceptors (Lipinski definition) is 3. The fraction of sp³-hybridized carbons (Fsp3) is 0.360. The summed E-state index contributed by atoms with van der Waals surface area (Å²) >= 11 is 0. The molecule has 174 valence electrons. The maximum atomic E-state index is 14.8. The van der Waals surface area contributed by atoms with Gasteiger partial charge in [-0.25, -0.2) is 8.78 Å². The van der Waals surface area contributed by atoms with Crippen molar-refractivity contribution in [1.29, 1.82) is 0 Å². The lowest BCUT2D eigenvalue weighted by molar-refractivity contribution is -0.0615. The molecule has 1 fully saturated rings. The van der Waals surface area contributed by atoms with E-state index in [0.29, 0.717) is 30.5 Å². The Labute approximate surface area is 190 Å². The van der Waals surface area contributed by atoms with Gasteiger partial charge in [-0.1, -0.05) is 12.1 Å². The lowest BCUT2D eigenvalue weighted by Gasteiger charge is -2.35. The van der Waals surface area contributed by atoms with E-state index in [9.17, 15) is 18.4 Å². The standard InChI is InChI=1S/C25H27F2N3O3/c1-25(2)12-16(9-10-33-25)29-24(32)18-14-30(21-6-4-5-19(26)22(18)21)13-15-7-8-17(20(27)11-15)23(31)28-3/h4-8,11,14,16H,9-10,12-13H2,1-3H3,(H,28,31)(H,29,32). The van der Waals surface area contributed by atoms with E-state index in [4.69, 9.17) is 4.74 Å². The van der Waals surface area contributed by atoms with Crippen molar-refractivity contribution >= 4 is 22.7 Å². The van der Waals surface area contributed by atoms with Gasteiger partial charge < -0.3 is 19.9 Å². The Kier molecular flexibility index (Phi) is 6.21. The fourth-order valence-electron chi connectivity index (χ4n) is 4.40. The number of ether oxygens (including phenoxy) is 1. The van der Waals surface area contributed by atoms with Gasteiger partial charge in [0.25, 0.3) is 11.8 Å². The van der Waals surface area contributed by atoms with Crippen molar-refractivity contribution in [2.75, 3.05) is 13.7 Å². The second-order valence-corrected chi connectivity index (χ2v) is 8.97. The van der Waals surface area contributed by atoms with Gasteiger partial charge in [0, 0.05) is 37.8 Å². The van der Waals surface area contributed by atoms with E-state index >= 15 is 0 Å². The van der Waals surface area contributed by atoms with Crippen molar-refractivity contribution in [2.45, 2.75) is 44.9 Å². The van der Waals surface area contributed by atoms with Crippen LogP contribution in [0.1, 0.15) is 53.0 Å². The summed E-state index contributed by atoms with van der Waals surface area (Å²) in [4.78, 5) is 24.9. The fourth-order valence-corrected chi connectivity index (χ4v) is 4.40. The number of aromatic nitrogens is 1. The molecule has 33 heavy (non-hydrogen) atoms. The summed E-state index contributed by atoms with van der Waals surface area (Å²) in [7, 11) is 1.43. The molecule has 0 bridgehead atoms. The van der Waals surface area contributed by atoms with Crippen molar-refractivity contribution in [2.24, 2.45) is 0 Å². The molecule has 0 aliphatic carbocycles. The zero-order valence-electron chi connectivity index (χ0n) is 18.9. The predicted molar refractivity (Wildman–Crippen MR) is 121 cm³/mol. The Morgan fingerprint density at radius 3 is 2.61 bits per heavy atom. The minimum absolute atomic E-state index is 0.0517. The van der Waals surface area contributed by atoms with Crippen molar-refractivity contribution in [1.82, 2.24) is 15.2 Å². The number of carbonyl (C=O) groups excluding carboxylic acids is 2. The van der Waals surface area contributed by atoms with Crippen molar-refractivity contribution in [3.8, 4) is 0 Å². The van der Waals surface area contributed by atoms with Crippen LogP contribution in [0.4, 0.5) is 8.78 Å². The molecular formula is C25H27F2N3O3. The summed E-state index contributed by atoms with van der Waals surface area (Å²) in [6.45, 7) is 4.71. The number of benzene rings is 2. The van der Waals surface area contributed by atoms with Crippen LogP contribution in [0.25, 0.3) is 10.9 Å². The second kappa shape index (κ2) is 8.94. The van der Waals surface area contributed by atoms with Crippen LogP contribution in [0, 0.1) is 11.6 Å². The van der Waals surface area contributed by atoms with Gasteiger partial charge in [0.15, 0.2) is 0 Å². The molecule has 8 heteroatoms. The van der Waals surface area contributed by atoms with Gasteiger partial charge in [-0.3, -0.25) is 9.59 Å². The summed E-state index contributed by atoms with van der Waals surface area (Å²) in [6.07, 6.45) is 2.95. The van der Waals surface area contributed by atoms with Crippen molar-refractivity contribution < 1.29 is 23.1 Å². The molecule has 2 heterocycles. The van der Waals surface area contributed by atoms with Gasteiger partial charge in [-0.05, 0) is 56.5 Å². The Balaban J connectivity index is 1.64. The number of carbonyl (C=O) groups is 2. The molecule has 2 amide bonds. The predicted octanol–water partition coefficient (Wildman–Crippen LogP) is 4.01. The smallest absolute Gasteiger partial charge is 0.253 e. The summed E-state index contributed by atoms with van der Waals surface area (Å²) in [5, 5.41) is 5.64. The number of halogens is 2. The summed E-state index contributed by atoms with van der Waals surface area (Å²) in [6, 6.07) is 8.88. The molecule has 4 rings (SSSR count). The summed E-state index contributed by atoms with van der Waals surface area (Å²) in [5.41, 5.74) is 0.960. The first-order valence-corrected chi connectivity index (χ1v) is 10.9. The summed E-state index contributed by atoms with van der Waals surface area (Å²) < 4.78 is 36.6. The van der Waals surface area contributed by atoms with Gasteiger partial charge in [-0.15, -0.1) is 0 Å². The highest BCUT2D eigenvalue weighted by atomic mass is 19.1. The van der Waals surface area contributed by atoms with E-state index in [1.807, 2.05) is 13.8 Å². The van der Waals surface area contributed by atoms with Crippen molar-refractivity contribution in [3.63, 3.8) is 0 Å². The Morgan fingerprint density at radius 1 is 1.12 bits per heavy atom. The van der Waals surface area contributed by atoms with Crippen LogP contribution in [0.15, 0.2) is 42.6 Å². The number of nitrogens with one attached hydrogen (secondary N) is 2. The third-order valence-corrected chi connectivity index (χ3v) is 5.99. The maximum Gasteiger partial charge on any atom is 0.253 e. The highest BCUT2D eigenvalue weighted by Gasteiger charge is 2.30. The van der Waals surface area contributed by atoms with E-state index in [2.05, 4.69) is 10.6 Å². The van der Waals surface area contributed by atoms with E-state index in [-0.39, 0.29) is 40.6 Å². The van der Waals surface area contributed by atoms with Crippen LogP contribution >= 0.6 is 0 Å². The number of nitrogens with zero attached hydrogens (tertiary/aromatic N) is 1. The Morgan fingerprint density at radius 2 is 1.91 bits per heavy atom. The molecule has 1 unspecified atom stereocenters. The van der Waals surface area contributed by atoms with Crippen LogP contribution in [-0.2, 0) is 11.3 Å². The molecular weight excluding hydrogens is 428 g/mol. The van der Waals surface area contributed by atoms with E-state index in [1.165, 1.54) is 25.2 Å². The van der Waals surface area contributed by atoms with Gasteiger partial charge in [0.1, 0.15) is 11.6 Å². The van der Waals surface area contributed by atoms with E-state index in [0.717, 1.165) is 0 Å². The summed E-state index contributed by atoms with van der Waals surface area (Å²) in [5.74, 6) is -2.00. The minimum atomic E-state index is -0.644. The number of amides is 2. The van der Waals surface area contributed by atoms with Gasteiger partial charge >= 0.3 is 0 Å². The zero-order valence-corrected chi connectivity index (χ0v) is 18.9. The third kappa shape index (κ3) is 4.75. The third-order valence-electron chi connectivity index (χ3n) is 5.99. The highest BCUT2D eigenvalue weighted by molar-refractivity contribution is 6.07. The van der Waals surface area contributed by atoms with Gasteiger partial charge in [0.2, 0.25) is 0 Å². The lowest BCUT2D eigenvalue weighted by Crippen LogP contribution is -2.45. The molecule has 3 aromatic rings. The van der Waals surface area contributed by atoms with Gasteiger partial charge in [0.05, 0.1) is 22.2 Å². The molecule has 6 nitrogen and oxygen atoms in total. The van der Waals surface area contributed by atoms with Crippen LogP contribution < -0.4 is 10.6 Å². The van der Waals surface area contributed by atoms with Crippen LogP contribution in [0.5, 0.6) is 0 Å². The average molecular weight is 456 g/mol. The average Bonchev–Trinajstić information content (AvgIpc) is 3.12. The topological polar surface area (TPSA) is 72.4 Å². The number of hydrogen-bond donors (Lipinski definition) is 2. The normalized spacial score (nSPS) is 17.7. The lowest BCUT2D eigenvalue weighted by atomic mass is 9.94. The zero-order chi connectivity index (χ0) is 23.8. The van der Waals surface area contributed by atoms with Gasteiger partial charge in [-0.2, -0.15) is 0 Å². The molecule has 0 saturated carbocycles. The Bertz CT molecular complexity index is 1220. The first-order valence-electron chi connectivity index (χ1n) is 10.9. The second-order valence-electron chi connectivity index (χ2n) is 8.97. The first kappa shape index (κ1) is 22.9. The van der Waals surface area contributed by atoms with E-state index in [1.54, 1.807) is 29.0 Å². The van der Waals surface area contributed by atoms with Crippen LogP contribution in [-0.4, -0.2) is 41.7 Å². The molecule has 2 N–H and O–H groups in total. The van der Waals surface area contributed by atoms with E-state index < -0.39 is 17.5 Å². The largest absolute Gasteiger partial charge is 0.375 e. The maximum absolute atomic E-state index is 14.8. The minimum Gasteiger partial charge on any atom is -0.375 e. The first-order chi connectivity index (χ1) is 15.7. The molecule has 1 aliphatic heterocycles. The molecule has 1 aromatic heterocycles. The molecule has 2 aromatic carbocycles. The molecule has 0 radical (unpaired) electrons. The van der Waals surface area contributed by atoms with Crippen molar-refractivity contribution in [3.05, 3.63) is 70.9 Å². The SMILES string of the molecule is CNC(=O)c1ccc(Cn2cc(C(=O)NC3CCOC(C)(C)C3)c3c(F)cccc32)cc1F. The molecule has 1 atom stereocenters.